The van der Waals surface area contributed by atoms with Gasteiger partial charge in [-0.25, -0.2) is 14.8 Å². The number of piperidine rings is 1. The van der Waals surface area contributed by atoms with Crippen LogP contribution in [0.4, 0.5) is 16.3 Å². The lowest BCUT2D eigenvalue weighted by molar-refractivity contribution is -0.136. The van der Waals surface area contributed by atoms with Crippen LogP contribution in [0.15, 0.2) is 109 Å². The fourth-order valence-electron chi connectivity index (χ4n) is 10.1. The Labute approximate surface area is 506 Å². The predicted molar refractivity (Wildman–Crippen MR) is 320 cm³/mol. The number of carbonyl (C=O) groups excluding carboxylic acids is 6. The minimum Gasteiger partial charge on any atom is -0.483 e. The molecule has 2 aromatic heterocycles. The van der Waals surface area contributed by atoms with Crippen LogP contribution in [0.2, 0.25) is 0 Å². The van der Waals surface area contributed by atoms with Crippen molar-refractivity contribution in [2.45, 2.75) is 88.9 Å². The first-order valence-electron chi connectivity index (χ1n) is 29.8. The quantitative estimate of drug-likeness (QED) is 0.0235. The predicted octanol–water partition coefficient (Wildman–Crippen LogP) is 6.79. The second kappa shape index (κ2) is 35.3. The summed E-state index contributed by atoms with van der Waals surface area (Å²) in [7, 11) is 0. The number of anilines is 2. The molecule has 1 saturated heterocycles. The highest BCUT2D eigenvalue weighted by molar-refractivity contribution is 6.24. The molecule has 462 valence electrons. The minimum atomic E-state index is -1.10. The van der Waals surface area contributed by atoms with Crippen LogP contribution in [-0.4, -0.2) is 168 Å². The molecule has 1 atom stereocenters. The van der Waals surface area contributed by atoms with Crippen LogP contribution in [0.3, 0.4) is 0 Å². The normalized spacial score (nSPS) is 16.4. The molecule has 4 heterocycles. The zero-order valence-electron chi connectivity index (χ0n) is 49.0. The number of ether oxygens (including phenoxy) is 8. The number of nitriles is 1. The summed E-state index contributed by atoms with van der Waals surface area (Å²) in [5, 5.41) is 20.7. The molecule has 87 heavy (non-hydrogen) atoms. The van der Waals surface area contributed by atoms with E-state index in [1.54, 1.807) is 18.5 Å². The maximum absolute atomic E-state index is 13.9. The summed E-state index contributed by atoms with van der Waals surface area (Å²) in [6.07, 6.45) is 9.80. The molecular weight excluding hydrogens is 1120 g/mol. The van der Waals surface area contributed by atoms with E-state index in [1.807, 2.05) is 77.7 Å². The smallest absolute Gasteiger partial charge is 0.322 e. The number of carbonyl (C=O) groups is 6. The fourth-order valence-corrected chi connectivity index (χ4v) is 10.1. The molecule has 0 bridgehead atoms. The summed E-state index contributed by atoms with van der Waals surface area (Å²) in [5.41, 5.74) is 4.34. The van der Waals surface area contributed by atoms with Crippen molar-refractivity contribution >= 4 is 47.1 Å². The molecule has 3 aliphatic rings. The Hall–Kier alpha value is -8.37. The highest BCUT2D eigenvalue weighted by atomic mass is 16.6. The van der Waals surface area contributed by atoms with Crippen molar-refractivity contribution in [3.05, 3.63) is 132 Å². The van der Waals surface area contributed by atoms with E-state index >= 15 is 0 Å². The Morgan fingerprint density at radius 3 is 1.94 bits per heavy atom. The van der Waals surface area contributed by atoms with Crippen molar-refractivity contribution in [3.63, 3.8) is 0 Å². The van der Waals surface area contributed by atoms with Crippen molar-refractivity contribution < 1.29 is 66.7 Å². The number of rotatable bonds is 37. The monoisotopic (exact) mass is 1200 g/mol. The number of nitrogens with one attached hydrogen (secondary N) is 4. The largest absolute Gasteiger partial charge is 0.483 e. The lowest BCUT2D eigenvalue weighted by Gasteiger charge is -2.37. The Bertz CT molecular complexity index is 3050. The van der Waals surface area contributed by atoms with E-state index in [1.165, 1.54) is 18.2 Å². The third-order valence-corrected chi connectivity index (χ3v) is 14.6. The zero-order chi connectivity index (χ0) is 60.8. The Kier molecular flexibility index (Phi) is 26.2. The van der Waals surface area contributed by atoms with E-state index in [0.29, 0.717) is 123 Å². The van der Waals surface area contributed by atoms with Crippen LogP contribution in [0.5, 0.6) is 11.6 Å². The van der Waals surface area contributed by atoms with Crippen molar-refractivity contribution in [2.75, 3.05) is 109 Å². The number of imide groups is 2. The molecular formula is C64H77N9O14. The van der Waals surface area contributed by atoms with Crippen LogP contribution in [0.1, 0.15) is 96.1 Å². The van der Waals surface area contributed by atoms with Gasteiger partial charge in [-0.15, -0.1) is 0 Å². The van der Waals surface area contributed by atoms with Gasteiger partial charge < -0.3 is 53.8 Å². The molecule has 1 aliphatic carbocycles. The van der Waals surface area contributed by atoms with Gasteiger partial charge in [0.05, 0.1) is 76.2 Å². The van der Waals surface area contributed by atoms with Gasteiger partial charge >= 0.3 is 6.03 Å². The van der Waals surface area contributed by atoms with Gasteiger partial charge in [0.15, 0.2) is 6.61 Å². The van der Waals surface area contributed by atoms with Gasteiger partial charge in [0.2, 0.25) is 17.7 Å². The number of pyridine rings is 2. The third kappa shape index (κ3) is 20.4. The van der Waals surface area contributed by atoms with E-state index in [-0.39, 0.29) is 54.4 Å². The van der Waals surface area contributed by atoms with E-state index < -0.39 is 35.6 Å². The molecule has 4 N–H and O–H groups in total. The molecule has 7 amide bonds. The number of aromatic nitrogens is 2. The molecule has 23 heteroatoms. The standard InChI is InChI=1S/C64H77N9O14/c65-42-47-13-23-56(68-44-47)70-50-16-20-52(21-17-50)72(64(79)69-43-46-9-2-1-3-10-46)51-18-14-48(15-19-51)49-25-27-67-59(41-49)86-40-39-82-30-7-6-29-81-32-34-84-36-38-85-37-35-83-33-31-80-28-5-4-26-66-58(75)45-87-55-12-8-11-53-60(55)63(78)73(62(53)77)54-22-24-57(74)71-61(54)76/h1-3,8-15,18-19,23,25,27,41,44,50,52,54H,4-7,16-17,20-22,24,26,28-40,43,45H2,(H,66,75)(H,68,70)(H,69,79)(H,71,74,76). The molecule has 0 spiro atoms. The molecule has 8 rings (SSSR count). The topological polar surface area (TPSA) is 280 Å². The molecule has 0 radical (unpaired) electrons. The first-order chi connectivity index (χ1) is 42.6. The number of hydrogen-bond donors (Lipinski definition) is 4. The van der Waals surface area contributed by atoms with Crippen LogP contribution in [0.25, 0.3) is 11.1 Å². The zero-order valence-corrected chi connectivity index (χ0v) is 49.0. The van der Waals surface area contributed by atoms with Gasteiger partial charge in [0, 0.05) is 75.6 Å². The number of nitrogens with zero attached hydrogens (tertiary/aromatic N) is 5. The number of urea groups is 1. The van der Waals surface area contributed by atoms with Crippen LogP contribution in [-0.2, 0) is 49.3 Å². The first kappa shape index (κ1) is 64.6. The summed E-state index contributed by atoms with van der Waals surface area (Å²) in [5.74, 6) is -1.62. The third-order valence-electron chi connectivity index (χ3n) is 14.6. The Morgan fingerprint density at radius 2 is 1.30 bits per heavy atom. The Morgan fingerprint density at radius 1 is 0.644 bits per heavy atom. The summed E-state index contributed by atoms with van der Waals surface area (Å²) >= 11 is 0. The summed E-state index contributed by atoms with van der Waals surface area (Å²) in [4.78, 5) is 88.1. The summed E-state index contributed by atoms with van der Waals surface area (Å²) in [6, 6.07) is 30.9. The summed E-state index contributed by atoms with van der Waals surface area (Å²) in [6.45, 7) is 6.50. The van der Waals surface area contributed by atoms with Gasteiger partial charge in [-0.2, -0.15) is 5.26 Å². The average Bonchev–Trinajstić information content (AvgIpc) is 1.89. The molecule has 2 fully saturated rings. The number of hydrogen-bond acceptors (Lipinski definition) is 18. The van der Waals surface area contributed by atoms with Gasteiger partial charge in [-0.1, -0.05) is 48.5 Å². The summed E-state index contributed by atoms with van der Waals surface area (Å²) < 4.78 is 45.4. The van der Waals surface area contributed by atoms with E-state index in [0.717, 1.165) is 71.6 Å². The second-order valence-corrected chi connectivity index (χ2v) is 20.8. The number of benzene rings is 3. The van der Waals surface area contributed by atoms with Gasteiger partial charge in [0.1, 0.15) is 30.3 Å². The first-order valence-corrected chi connectivity index (χ1v) is 29.8. The average molecular weight is 1200 g/mol. The lowest BCUT2D eigenvalue weighted by Crippen LogP contribution is -2.54. The maximum atomic E-state index is 13.9. The molecule has 2 aliphatic heterocycles. The number of fused-ring (bicyclic) bond motifs is 1. The van der Waals surface area contributed by atoms with Crippen molar-refractivity contribution in [1.29, 1.82) is 5.26 Å². The molecule has 3 aromatic carbocycles. The van der Waals surface area contributed by atoms with Crippen LogP contribution < -0.4 is 35.6 Å². The SMILES string of the molecule is N#Cc1ccc(NC2CCC(N(C(=O)NCc3ccccc3)c3ccc(-c4ccnc(OCCOCCCCOCCOCCOCCOCCOCCCCNC(=O)COc5cccc6c5C(=O)N(C5CCC(=O)NC5=O)C6=O)c4)cc3)CC2)nc1. The van der Waals surface area contributed by atoms with Gasteiger partial charge in [0.25, 0.3) is 17.7 Å². The van der Waals surface area contributed by atoms with E-state index in [9.17, 15) is 28.8 Å². The van der Waals surface area contributed by atoms with Gasteiger partial charge in [-0.3, -0.25) is 39.1 Å². The lowest BCUT2D eigenvalue weighted by atomic mass is 9.89. The van der Waals surface area contributed by atoms with Crippen LogP contribution in [0, 0.1) is 11.3 Å². The molecule has 1 saturated carbocycles. The molecule has 23 nitrogen and oxygen atoms in total. The van der Waals surface area contributed by atoms with Crippen molar-refractivity contribution in [1.82, 2.24) is 30.8 Å². The van der Waals surface area contributed by atoms with Gasteiger partial charge in [-0.05, 0) is 117 Å². The fraction of sp³-hybridized carbons (Fsp3) is 0.453. The molecule has 5 aromatic rings. The molecule has 1 unspecified atom stereocenters. The highest BCUT2D eigenvalue weighted by Gasteiger charge is 2.46. The maximum Gasteiger partial charge on any atom is 0.322 e. The van der Waals surface area contributed by atoms with Crippen LogP contribution >= 0.6 is 0 Å². The number of unbranched alkanes of at least 4 members (excludes halogenated alkanes) is 2. The Balaban J connectivity index is 0.586. The number of amides is 7. The highest BCUT2D eigenvalue weighted by Crippen LogP contribution is 2.35. The van der Waals surface area contributed by atoms with Crippen molar-refractivity contribution in [3.8, 4) is 28.8 Å². The van der Waals surface area contributed by atoms with Crippen molar-refractivity contribution in [2.24, 2.45) is 0 Å². The minimum absolute atomic E-state index is 0.00569. The van der Waals surface area contributed by atoms with E-state index in [4.69, 9.17) is 43.2 Å². The second-order valence-electron chi connectivity index (χ2n) is 20.8. The van der Waals surface area contributed by atoms with E-state index in [2.05, 4.69) is 37.3 Å².